The zero-order valence-corrected chi connectivity index (χ0v) is 14.7. The van der Waals surface area contributed by atoms with Crippen LogP contribution in [0.25, 0.3) is 0 Å². The molecule has 6 nitrogen and oxygen atoms in total. The number of anilines is 1. The lowest BCUT2D eigenvalue weighted by Crippen LogP contribution is -2.31. The summed E-state index contributed by atoms with van der Waals surface area (Å²) in [4.78, 5) is 24.3. The van der Waals surface area contributed by atoms with Crippen molar-refractivity contribution in [3.8, 4) is 0 Å². The van der Waals surface area contributed by atoms with Crippen LogP contribution in [0, 0.1) is 0 Å². The van der Waals surface area contributed by atoms with Gasteiger partial charge in [-0.15, -0.1) is 0 Å². The number of rotatable bonds is 4. The maximum absolute atomic E-state index is 12.4. The van der Waals surface area contributed by atoms with Crippen LogP contribution in [0.4, 0.5) is 10.5 Å². The van der Waals surface area contributed by atoms with Crippen molar-refractivity contribution >= 4 is 17.7 Å². The van der Waals surface area contributed by atoms with Gasteiger partial charge in [0.25, 0.3) is 0 Å². The molecule has 1 atom stereocenters. The molecule has 0 aromatic heterocycles. The Kier molecular flexibility index (Phi) is 5.49. The van der Waals surface area contributed by atoms with Crippen molar-refractivity contribution in [3.63, 3.8) is 0 Å². The Hall–Kier alpha value is -2.08. The van der Waals surface area contributed by atoms with Crippen LogP contribution in [-0.4, -0.2) is 36.5 Å². The summed E-state index contributed by atoms with van der Waals surface area (Å²) in [5.74, 6) is -0.501. The molecule has 6 heteroatoms. The van der Waals surface area contributed by atoms with Gasteiger partial charge in [0.1, 0.15) is 12.2 Å². The monoisotopic (exact) mass is 335 g/mol. The van der Waals surface area contributed by atoms with Gasteiger partial charge < -0.3 is 14.2 Å². The fourth-order valence-corrected chi connectivity index (χ4v) is 2.43. The Bertz CT molecular complexity index is 600. The van der Waals surface area contributed by atoms with E-state index in [1.807, 2.05) is 6.92 Å². The number of para-hydroxylation sites is 1. The Morgan fingerprint density at radius 2 is 2.00 bits per heavy atom. The SMILES string of the molecule is CC(C)(C)OC(=O)Nc1ccccc1C(=O)OC[C@]1(C)CCCO1. The first-order chi connectivity index (χ1) is 11.2. The Morgan fingerprint density at radius 3 is 2.62 bits per heavy atom. The van der Waals surface area contributed by atoms with Crippen molar-refractivity contribution in [2.24, 2.45) is 0 Å². The average molecular weight is 335 g/mol. The van der Waals surface area contributed by atoms with Gasteiger partial charge in [-0.25, -0.2) is 9.59 Å². The molecular formula is C18H25NO5. The van der Waals surface area contributed by atoms with E-state index in [1.54, 1.807) is 45.0 Å². The number of nitrogens with one attached hydrogen (secondary N) is 1. The smallest absolute Gasteiger partial charge is 0.412 e. The molecule has 0 radical (unpaired) electrons. The highest BCUT2D eigenvalue weighted by Crippen LogP contribution is 2.26. The standard InChI is InChI=1S/C18H25NO5/c1-17(2,3)24-16(21)19-14-9-6-5-8-13(14)15(20)22-12-18(4)10-7-11-23-18/h5-6,8-9H,7,10-12H2,1-4H3,(H,19,21)/t18-/m0/s1. The van der Waals surface area contributed by atoms with E-state index in [-0.39, 0.29) is 12.2 Å². The molecule has 2 rings (SSSR count). The van der Waals surface area contributed by atoms with Crippen LogP contribution in [-0.2, 0) is 14.2 Å². The van der Waals surface area contributed by atoms with Gasteiger partial charge in [-0.1, -0.05) is 12.1 Å². The Labute approximate surface area is 142 Å². The van der Waals surface area contributed by atoms with Gasteiger partial charge >= 0.3 is 12.1 Å². The lowest BCUT2D eigenvalue weighted by molar-refractivity contribution is -0.0377. The fraction of sp³-hybridized carbons (Fsp3) is 0.556. The first-order valence-corrected chi connectivity index (χ1v) is 8.09. The van der Waals surface area contributed by atoms with Crippen molar-refractivity contribution in [2.75, 3.05) is 18.5 Å². The van der Waals surface area contributed by atoms with Crippen molar-refractivity contribution < 1.29 is 23.8 Å². The summed E-state index contributed by atoms with van der Waals surface area (Å²) in [6.45, 7) is 8.12. The van der Waals surface area contributed by atoms with Gasteiger partial charge in [0.15, 0.2) is 0 Å². The van der Waals surface area contributed by atoms with Crippen molar-refractivity contribution in [1.82, 2.24) is 0 Å². The van der Waals surface area contributed by atoms with E-state index in [4.69, 9.17) is 14.2 Å². The van der Waals surface area contributed by atoms with Crippen molar-refractivity contribution in [3.05, 3.63) is 29.8 Å². The molecule has 132 valence electrons. The normalized spacial score (nSPS) is 20.5. The average Bonchev–Trinajstić information content (AvgIpc) is 2.91. The second kappa shape index (κ2) is 7.21. The first-order valence-electron chi connectivity index (χ1n) is 8.09. The minimum Gasteiger partial charge on any atom is -0.459 e. The highest BCUT2D eigenvalue weighted by molar-refractivity contribution is 5.99. The second-order valence-corrected chi connectivity index (χ2v) is 7.15. The molecule has 1 amide bonds. The minimum atomic E-state index is -0.617. The Balaban J connectivity index is 2.02. The van der Waals surface area contributed by atoms with Crippen molar-refractivity contribution in [1.29, 1.82) is 0 Å². The third-order valence-electron chi connectivity index (χ3n) is 3.59. The predicted octanol–water partition coefficient (Wildman–Crippen LogP) is 3.76. The molecule has 0 spiro atoms. The molecule has 0 saturated carbocycles. The molecule has 1 aromatic rings. The highest BCUT2D eigenvalue weighted by Gasteiger charge is 2.31. The topological polar surface area (TPSA) is 73.9 Å². The van der Waals surface area contributed by atoms with E-state index in [0.717, 1.165) is 12.8 Å². The highest BCUT2D eigenvalue weighted by atomic mass is 16.6. The van der Waals surface area contributed by atoms with E-state index < -0.39 is 23.3 Å². The van der Waals surface area contributed by atoms with E-state index >= 15 is 0 Å². The van der Waals surface area contributed by atoms with Gasteiger partial charge in [0, 0.05) is 6.61 Å². The summed E-state index contributed by atoms with van der Waals surface area (Å²) in [6, 6.07) is 6.68. The maximum Gasteiger partial charge on any atom is 0.412 e. The number of esters is 1. The molecule has 1 aliphatic heterocycles. The quantitative estimate of drug-likeness (QED) is 0.848. The van der Waals surface area contributed by atoms with Gasteiger partial charge in [0.05, 0.1) is 16.9 Å². The largest absolute Gasteiger partial charge is 0.459 e. The van der Waals surface area contributed by atoms with Crippen LogP contribution in [0.5, 0.6) is 0 Å². The number of benzene rings is 1. The Morgan fingerprint density at radius 1 is 1.29 bits per heavy atom. The number of amides is 1. The number of ether oxygens (including phenoxy) is 3. The first kappa shape index (κ1) is 18.3. The molecule has 1 N–H and O–H groups in total. The van der Waals surface area contributed by atoms with E-state index in [0.29, 0.717) is 12.3 Å². The summed E-state index contributed by atoms with van der Waals surface area (Å²) in [5.41, 5.74) is -0.406. The summed E-state index contributed by atoms with van der Waals surface area (Å²) >= 11 is 0. The second-order valence-electron chi connectivity index (χ2n) is 7.15. The molecule has 1 heterocycles. The molecule has 24 heavy (non-hydrogen) atoms. The van der Waals surface area contributed by atoms with Crippen LogP contribution in [0.2, 0.25) is 0 Å². The molecule has 1 aromatic carbocycles. The summed E-state index contributed by atoms with van der Waals surface area (Å²) in [6.07, 6.45) is 1.21. The fourth-order valence-electron chi connectivity index (χ4n) is 2.43. The van der Waals surface area contributed by atoms with Gasteiger partial charge in [-0.05, 0) is 52.7 Å². The summed E-state index contributed by atoms with van der Waals surface area (Å²) in [5, 5.41) is 2.59. The van der Waals surface area contributed by atoms with Crippen LogP contribution in [0.3, 0.4) is 0 Å². The lowest BCUT2D eigenvalue weighted by atomic mass is 10.0. The predicted molar refractivity (Wildman–Crippen MR) is 90.2 cm³/mol. The number of hydrogen-bond donors (Lipinski definition) is 1. The van der Waals surface area contributed by atoms with E-state index in [2.05, 4.69) is 5.32 Å². The van der Waals surface area contributed by atoms with Crippen LogP contribution >= 0.6 is 0 Å². The number of carbonyl (C=O) groups is 2. The number of hydrogen-bond acceptors (Lipinski definition) is 5. The molecule has 1 aliphatic rings. The van der Waals surface area contributed by atoms with Crippen molar-refractivity contribution in [2.45, 2.75) is 51.7 Å². The molecule has 1 fully saturated rings. The van der Waals surface area contributed by atoms with E-state index in [9.17, 15) is 9.59 Å². The van der Waals surface area contributed by atoms with Crippen LogP contribution < -0.4 is 5.32 Å². The van der Waals surface area contributed by atoms with Crippen LogP contribution in [0.15, 0.2) is 24.3 Å². The molecule has 0 unspecified atom stereocenters. The van der Waals surface area contributed by atoms with Gasteiger partial charge in [0.2, 0.25) is 0 Å². The lowest BCUT2D eigenvalue weighted by Gasteiger charge is -2.23. The van der Waals surface area contributed by atoms with Gasteiger partial charge in [-0.2, -0.15) is 0 Å². The molecule has 1 saturated heterocycles. The summed E-state index contributed by atoms with van der Waals surface area (Å²) in [7, 11) is 0. The third-order valence-corrected chi connectivity index (χ3v) is 3.59. The molecular weight excluding hydrogens is 310 g/mol. The van der Waals surface area contributed by atoms with Gasteiger partial charge in [-0.3, -0.25) is 5.32 Å². The number of carbonyl (C=O) groups excluding carboxylic acids is 2. The van der Waals surface area contributed by atoms with Crippen LogP contribution in [0.1, 0.15) is 50.9 Å². The molecule has 0 bridgehead atoms. The maximum atomic E-state index is 12.4. The molecule has 0 aliphatic carbocycles. The van der Waals surface area contributed by atoms with E-state index in [1.165, 1.54) is 0 Å². The minimum absolute atomic E-state index is 0.187. The summed E-state index contributed by atoms with van der Waals surface area (Å²) < 4.78 is 16.2. The zero-order valence-electron chi connectivity index (χ0n) is 14.7. The third kappa shape index (κ3) is 5.23. The zero-order chi connectivity index (χ0) is 17.8.